The van der Waals surface area contributed by atoms with Gasteiger partial charge in [0.25, 0.3) is 0 Å². The van der Waals surface area contributed by atoms with Gasteiger partial charge in [-0.1, -0.05) is 18.2 Å². The number of benzene rings is 1. The summed E-state index contributed by atoms with van der Waals surface area (Å²) in [4.78, 5) is 19.9. The highest BCUT2D eigenvalue weighted by atomic mass is 32.3. The van der Waals surface area contributed by atoms with Gasteiger partial charge in [-0.05, 0) is 12.1 Å². The second-order valence-corrected chi connectivity index (χ2v) is 4.46. The van der Waals surface area contributed by atoms with E-state index in [4.69, 9.17) is 15.4 Å². The molecule has 20 heavy (non-hydrogen) atoms. The number of para-hydroxylation sites is 1. The maximum atomic E-state index is 10.1. The summed E-state index contributed by atoms with van der Waals surface area (Å²) in [5.74, 6) is -1.83. The molecule has 1 atom stereocenters. The Morgan fingerprint density at radius 2 is 1.75 bits per heavy atom. The van der Waals surface area contributed by atoms with E-state index >= 15 is 0 Å². The summed E-state index contributed by atoms with van der Waals surface area (Å²) in [7, 11) is -4.38. The summed E-state index contributed by atoms with van der Waals surface area (Å²) < 4.78 is 32.6. The molecule has 10 heteroatoms. The Labute approximate surface area is 115 Å². The Bertz CT molecular complexity index is 544. The minimum atomic E-state index is -4.38. The summed E-state index contributed by atoms with van der Waals surface area (Å²) in [6, 6.07) is 6.59. The number of amides is 1. The van der Waals surface area contributed by atoms with Crippen molar-refractivity contribution >= 4 is 22.3 Å². The highest BCUT2D eigenvalue weighted by Crippen LogP contribution is 2.09. The molecule has 0 fully saturated rings. The standard InChI is InChI=1S/C6H6O4S.C4H8N2O3/c7-11(8,9)10-6-4-2-1-3-5-6;5-2(4(8)9)1-3(6)7/h1-5H,(H,7,8,9);2H,1,5H2,(H2,6,7)(H,8,9)/t;2-/m.0/s1. The van der Waals surface area contributed by atoms with Crippen LogP contribution in [-0.2, 0) is 20.0 Å². The molecule has 0 bridgehead atoms. The van der Waals surface area contributed by atoms with Gasteiger partial charge in [-0.2, -0.15) is 8.42 Å². The first-order valence-corrected chi connectivity index (χ1v) is 6.47. The Balaban J connectivity index is 0.000000370. The van der Waals surface area contributed by atoms with Crippen molar-refractivity contribution in [3.05, 3.63) is 30.3 Å². The summed E-state index contributed by atoms with van der Waals surface area (Å²) in [5.41, 5.74) is 9.57. The lowest BCUT2D eigenvalue weighted by Gasteiger charge is -1.99. The number of carbonyl (C=O) groups is 2. The molecule has 112 valence electrons. The van der Waals surface area contributed by atoms with Crippen LogP contribution < -0.4 is 15.7 Å². The Kier molecular flexibility index (Phi) is 7.21. The zero-order valence-corrected chi connectivity index (χ0v) is 11.0. The maximum Gasteiger partial charge on any atom is 0.446 e. The molecule has 1 rings (SSSR count). The van der Waals surface area contributed by atoms with Crippen molar-refractivity contribution in [2.75, 3.05) is 0 Å². The van der Waals surface area contributed by atoms with Crippen LogP contribution in [0.2, 0.25) is 0 Å². The van der Waals surface area contributed by atoms with E-state index in [2.05, 4.69) is 9.92 Å². The third-order valence-electron chi connectivity index (χ3n) is 1.68. The summed E-state index contributed by atoms with van der Waals surface area (Å²) in [6.45, 7) is 0. The normalized spacial score (nSPS) is 11.7. The van der Waals surface area contributed by atoms with Crippen LogP contribution in [0.25, 0.3) is 0 Å². The van der Waals surface area contributed by atoms with Crippen LogP contribution in [0.15, 0.2) is 30.3 Å². The van der Waals surface area contributed by atoms with Crippen molar-refractivity contribution in [2.45, 2.75) is 12.5 Å². The number of hydrogen-bond acceptors (Lipinski definition) is 6. The average molecular weight is 306 g/mol. The van der Waals surface area contributed by atoms with Gasteiger partial charge >= 0.3 is 16.4 Å². The van der Waals surface area contributed by atoms with E-state index in [1.807, 2.05) is 0 Å². The largest absolute Gasteiger partial charge is 0.480 e. The van der Waals surface area contributed by atoms with Gasteiger partial charge in [-0.3, -0.25) is 14.1 Å². The third kappa shape index (κ3) is 9.82. The zero-order chi connectivity index (χ0) is 15.8. The van der Waals surface area contributed by atoms with E-state index in [-0.39, 0.29) is 12.2 Å². The first kappa shape index (κ1) is 17.8. The van der Waals surface area contributed by atoms with Gasteiger partial charge in [0.05, 0.1) is 6.42 Å². The SMILES string of the molecule is NC(=O)C[C@H](N)C(=O)O.O=S(=O)(O)Oc1ccccc1. The summed E-state index contributed by atoms with van der Waals surface area (Å²) >= 11 is 0. The molecule has 0 aromatic heterocycles. The minimum absolute atomic E-state index is 0.0926. The molecular formula is C10H14N2O7S. The molecule has 0 aliphatic heterocycles. The first-order chi connectivity index (χ1) is 9.11. The van der Waals surface area contributed by atoms with Gasteiger partial charge in [0.15, 0.2) is 0 Å². The van der Waals surface area contributed by atoms with Crippen molar-refractivity contribution in [2.24, 2.45) is 11.5 Å². The van der Waals surface area contributed by atoms with Crippen LogP contribution in [0.4, 0.5) is 0 Å². The summed E-state index contributed by atoms with van der Waals surface area (Å²) in [5, 5.41) is 8.10. The van der Waals surface area contributed by atoms with Gasteiger partial charge in [-0.15, -0.1) is 0 Å². The molecule has 9 nitrogen and oxygen atoms in total. The monoisotopic (exact) mass is 306 g/mol. The lowest BCUT2D eigenvalue weighted by molar-refractivity contribution is -0.140. The Hall–Kier alpha value is -2.17. The molecular weight excluding hydrogens is 292 g/mol. The quantitative estimate of drug-likeness (QED) is 0.509. The van der Waals surface area contributed by atoms with Gasteiger partial charge in [0.2, 0.25) is 5.91 Å². The van der Waals surface area contributed by atoms with Crippen molar-refractivity contribution < 1.29 is 31.8 Å². The van der Waals surface area contributed by atoms with Crippen molar-refractivity contribution in [3.8, 4) is 5.75 Å². The molecule has 0 spiro atoms. The number of hydrogen-bond donors (Lipinski definition) is 4. The zero-order valence-electron chi connectivity index (χ0n) is 10.2. The van der Waals surface area contributed by atoms with Gasteiger partial charge < -0.3 is 20.8 Å². The number of carbonyl (C=O) groups excluding carboxylic acids is 1. The number of carboxylic acid groups (broad SMARTS) is 1. The number of aliphatic carboxylic acids is 1. The number of rotatable bonds is 5. The minimum Gasteiger partial charge on any atom is -0.480 e. The van der Waals surface area contributed by atoms with E-state index in [0.717, 1.165) is 0 Å². The van der Waals surface area contributed by atoms with Gasteiger partial charge in [0.1, 0.15) is 11.8 Å². The van der Waals surface area contributed by atoms with Crippen LogP contribution >= 0.6 is 0 Å². The smallest absolute Gasteiger partial charge is 0.446 e. The molecule has 0 saturated heterocycles. The average Bonchev–Trinajstić information content (AvgIpc) is 2.27. The topological polar surface area (TPSA) is 170 Å². The molecule has 1 amide bonds. The predicted octanol–water partition coefficient (Wildman–Crippen LogP) is -0.858. The Morgan fingerprint density at radius 3 is 2.05 bits per heavy atom. The highest BCUT2D eigenvalue weighted by molar-refractivity contribution is 7.81. The lowest BCUT2D eigenvalue weighted by atomic mass is 10.2. The maximum absolute atomic E-state index is 10.1. The van der Waals surface area contributed by atoms with E-state index in [9.17, 15) is 18.0 Å². The molecule has 0 unspecified atom stereocenters. The third-order valence-corrected chi connectivity index (χ3v) is 2.09. The molecule has 6 N–H and O–H groups in total. The van der Waals surface area contributed by atoms with Crippen LogP contribution in [0.1, 0.15) is 6.42 Å². The van der Waals surface area contributed by atoms with E-state index < -0.39 is 28.3 Å². The predicted molar refractivity (Wildman–Crippen MR) is 68.0 cm³/mol. The number of primary amides is 1. The number of carboxylic acids is 1. The van der Waals surface area contributed by atoms with Gasteiger partial charge in [-0.25, -0.2) is 0 Å². The van der Waals surface area contributed by atoms with Crippen LogP contribution in [-0.4, -0.2) is 36.0 Å². The van der Waals surface area contributed by atoms with Gasteiger partial charge in [0, 0.05) is 0 Å². The number of nitrogens with two attached hydrogens (primary N) is 2. The molecule has 0 radical (unpaired) electrons. The van der Waals surface area contributed by atoms with E-state index in [0.29, 0.717) is 0 Å². The fraction of sp³-hybridized carbons (Fsp3) is 0.200. The molecule has 0 saturated carbocycles. The molecule has 0 aliphatic rings. The fourth-order valence-corrected chi connectivity index (χ4v) is 1.26. The lowest BCUT2D eigenvalue weighted by Crippen LogP contribution is -2.34. The fourth-order valence-electron chi connectivity index (χ4n) is 0.902. The molecule has 1 aromatic carbocycles. The first-order valence-electron chi connectivity index (χ1n) is 5.10. The van der Waals surface area contributed by atoms with Crippen LogP contribution in [0.3, 0.4) is 0 Å². The Morgan fingerprint density at radius 1 is 1.25 bits per heavy atom. The van der Waals surface area contributed by atoms with Crippen molar-refractivity contribution in [1.82, 2.24) is 0 Å². The van der Waals surface area contributed by atoms with Crippen molar-refractivity contribution in [1.29, 1.82) is 0 Å². The second kappa shape index (κ2) is 8.09. The van der Waals surface area contributed by atoms with Crippen molar-refractivity contribution in [3.63, 3.8) is 0 Å². The summed E-state index contributed by atoms with van der Waals surface area (Å²) in [6.07, 6.45) is -0.310. The van der Waals surface area contributed by atoms with E-state index in [1.54, 1.807) is 18.2 Å². The molecule has 0 aliphatic carbocycles. The highest BCUT2D eigenvalue weighted by Gasteiger charge is 2.13. The molecule has 0 heterocycles. The van der Waals surface area contributed by atoms with Crippen LogP contribution in [0.5, 0.6) is 5.75 Å². The van der Waals surface area contributed by atoms with Crippen LogP contribution in [0, 0.1) is 0 Å². The second-order valence-electron chi connectivity index (χ2n) is 3.44. The molecule has 1 aromatic rings. The van der Waals surface area contributed by atoms with E-state index in [1.165, 1.54) is 12.1 Å².